The minimum absolute atomic E-state index is 0.0628. The maximum absolute atomic E-state index is 14.2. The van der Waals surface area contributed by atoms with Crippen molar-refractivity contribution in [3.63, 3.8) is 0 Å². The summed E-state index contributed by atoms with van der Waals surface area (Å²) in [7, 11) is 0. The molecule has 1 saturated heterocycles. The summed E-state index contributed by atoms with van der Waals surface area (Å²) in [5.74, 6) is -2.39. The van der Waals surface area contributed by atoms with Crippen LogP contribution in [-0.4, -0.2) is 83.8 Å². The van der Waals surface area contributed by atoms with E-state index in [0.29, 0.717) is 31.6 Å². The van der Waals surface area contributed by atoms with Crippen LogP contribution >= 0.6 is 0 Å². The molecule has 44 heavy (non-hydrogen) atoms. The van der Waals surface area contributed by atoms with Gasteiger partial charge in [-0.3, -0.25) is 24.0 Å². The molecule has 3 rings (SSSR count). The van der Waals surface area contributed by atoms with E-state index in [2.05, 4.69) is 22.5 Å². The van der Waals surface area contributed by atoms with Gasteiger partial charge < -0.3 is 30.3 Å². The van der Waals surface area contributed by atoms with Gasteiger partial charge in [0, 0.05) is 25.9 Å². The van der Waals surface area contributed by atoms with Crippen LogP contribution < -0.4 is 20.7 Å². The van der Waals surface area contributed by atoms with Crippen LogP contribution in [0, 0.1) is 5.92 Å². The molecule has 0 saturated carbocycles. The van der Waals surface area contributed by atoms with Crippen molar-refractivity contribution >= 4 is 29.4 Å². The number of nitrogens with one attached hydrogen (secondary N) is 3. The molecule has 0 aromatic heterocycles. The van der Waals surface area contributed by atoms with Crippen molar-refractivity contribution in [2.24, 2.45) is 5.92 Å². The van der Waals surface area contributed by atoms with Gasteiger partial charge >= 0.3 is 0 Å². The first-order valence-electron chi connectivity index (χ1n) is 15.6. The molecule has 242 valence electrons. The lowest BCUT2D eigenvalue weighted by Gasteiger charge is -2.32. The van der Waals surface area contributed by atoms with Gasteiger partial charge in [-0.2, -0.15) is 0 Å². The summed E-state index contributed by atoms with van der Waals surface area (Å²) in [6.45, 7) is 13.7. The largest absolute Gasteiger partial charge is 0.493 e. The van der Waals surface area contributed by atoms with Crippen molar-refractivity contribution in [3.05, 3.63) is 42.5 Å². The lowest BCUT2D eigenvalue weighted by Crippen LogP contribution is -2.57. The van der Waals surface area contributed by atoms with Crippen LogP contribution in [0.2, 0.25) is 0 Å². The minimum atomic E-state index is -1.05. The quantitative estimate of drug-likeness (QED) is 0.272. The smallest absolute Gasteiger partial charge is 0.289 e. The Balaban J connectivity index is 1.93. The lowest BCUT2D eigenvalue weighted by atomic mass is 9.96. The summed E-state index contributed by atoms with van der Waals surface area (Å²) >= 11 is 0. The molecular weight excluding hydrogens is 564 g/mol. The Bertz CT molecular complexity index is 1220. The van der Waals surface area contributed by atoms with Crippen LogP contribution in [0.4, 0.5) is 0 Å². The van der Waals surface area contributed by atoms with Crippen LogP contribution in [0.5, 0.6) is 5.75 Å². The maximum Gasteiger partial charge on any atom is 0.289 e. The van der Waals surface area contributed by atoms with Gasteiger partial charge in [0.1, 0.15) is 17.8 Å². The fourth-order valence-electron chi connectivity index (χ4n) is 5.55. The normalized spacial score (nSPS) is 23.5. The zero-order valence-electron chi connectivity index (χ0n) is 26.6. The van der Waals surface area contributed by atoms with Gasteiger partial charge in [0.2, 0.25) is 23.5 Å². The van der Waals surface area contributed by atoms with Crippen LogP contribution in [0.1, 0.15) is 72.3 Å². The van der Waals surface area contributed by atoms with E-state index in [1.54, 1.807) is 0 Å². The molecule has 2 aliphatic rings. The molecule has 2 aliphatic heterocycles. The van der Waals surface area contributed by atoms with Crippen molar-refractivity contribution in [1.29, 1.82) is 0 Å². The molecular formula is C33H48N4O7. The summed E-state index contributed by atoms with van der Waals surface area (Å²) in [6, 6.07) is 4.43. The topological polar surface area (TPSA) is 143 Å². The molecule has 5 atom stereocenters. The number of carbonyl (C=O) groups excluding carboxylic acids is 5. The monoisotopic (exact) mass is 612 g/mol. The molecule has 1 aromatic carbocycles. The molecule has 11 nitrogen and oxygen atoms in total. The number of Topliss-reactive ketones (excluding diaryl/α,β-unsaturated/α-hetero) is 1. The van der Waals surface area contributed by atoms with Gasteiger partial charge in [-0.15, -0.1) is 6.58 Å². The molecule has 1 fully saturated rings. The van der Waals surface area contributed by atoms with Gasteiger partial charge in [0.25, 0.3) is 5.91 Å². The van der Waals surface area contributed by atoms with E-state index in [1.165, 1.54) is 11.0 Å². The van der Waals surface area contributed by atoms with Crippen LogP contribution in [0.15, 0.2) is 36.9 Å². The molecule has 0 aliphatic carbocycles. The number of fused-ring (bicyclic) bond motifs is 4. The number of hydrogen-bond donors (Lipinski definition) is 3. The Kier molecular flexibility index (Phi) is 12.5. The Morgan fingerprint density at radius 2 is 1.98 bits per heavy atom. The molecule has 3 N–H and O–H groups in total. The predicted octanol–water partition coefficient (Wildman–Crippen LogP) is 2.46. The summed E-state index contributed by atoms with van der Waals surface area (Å²) in [6.07, 6.45) is 3.20. The van der Waals surface area contributed by atoms with Crippen molar-refractivity contribution in [3.8, 4) is 5.75 Å². The molecule has 1 aromatic rings. The van der Waals surface area contributed by atoms with Crippen molar-refractivity contribution in [1.82, 2.24) is 20.9 Å². The number of hydrogen-bond acceptors (Lipinski definition) is 7. The summed E-state index contributed by atoms with van der Waals surface area (Å²) < 4.78 is 12.4. The van der Waals surface area contributed by atoms with Crippen LogP contribution in [-0.2, 0) is 35.1 Å². The van der Waals surface area contributed by atoms with Gasteiger partial charge in [0.15, 0.2) is 0 Å². The number of benzene rings is 1. The minimum Gasteiger partial charge on any atom is -0.493 e. The zero-order valence-corrected chi connectivity index (χ0v) is 26.6. The van der Waals surface area contributed by atoms with Gasteiger partial charge in [0.05, 0.1) is 30.8 Å². The average Bonchev–Trinajstić information content (AvgIpc) is 3.40. The molecule has 4 bridgehead atoms. The number of amides is 4. The highest BCUT2D eigenvalue weighted by molar-refractivity contribution is 6.38. The first-order valence-corrected chi connectivity index (χ1v) is 15.6. The van der Waals surface area contributed by atoms with Crippen molar-refractivity contribution in [2.45, 2.75) is 103 Å². The van der Waals surface area contributed by atoms with Gasteiger partial charge in [-0.25, -0.2) is 0 Å². The Labute approximate surface area is 260 Å². The van der Waals surface area contributed by atoms with E-state index in [9.17, 15) is 24.0 Å². The maximum atomic E-state index is 14.2. The number of ether oxygens (including phenoxy) is 2. The summed E-state index contributed by atoms with van der Waals surface area (Å²) in [5, 5.41) is 8.13. The van der Waals surface area contributed by atoms with E-state index in [-0.39, 0.29) is 50.1 Å². The predicted molar refractivity (Wildman–Crippen MR) is 166 cm³/mol. The molecule has 0 radical (unpaired) electrons. The Morgan fingerprint density at radius 3 is 2.66 bits per heavy atom. The second kappa shape index (κ2) is 15.8. The first kappa shape index (κ1) is 34.8. The fraction of sp³-hybridized carbons (Fsp3) is 0.606. The van der Waals surface area contributed by atoms with Crippen LogP contribution in [0.3, 0.4) is 0 Å². The molecule has 0 spiro atoms. The van der Waals surface area contributed by atoms with E-state index >= 15 is 0 Å². The highest BCUT2D eigenvalue weighted by Gasteiger charge is 2.45. The van der Waals surface area contributed by atoms with E-state index < -0.39 is 47.4 Å². The third kappa shape index (κ3) is 9.38. The highest BCUT2D eigenvalue weighted by Crippen LogP contribution is 2.29. The van der Waals surface area contributed by atoms with E-state index in [4.69, 9.17) is 9.47 Å². The molecule has 11 heteroatoms. The van der Waals surface area contributed by atoms with Crippen LogP contribution in [0.25, 0.3) is 0 Å². The van der Waals surface area contributed by atoms with E-state index in [1.807, 2.05) is 58.9 Å². The molecule has 4 amide bonds. The second-order valence-electron chi connectivity index (χ2n) is 12.3. The molecule has 2 unspecified atom stereocenters. The number of carbonyl (C=O) groups is 5. The van der Waals surface area contributed by atoms with Crippen molar-refractivity contribution in [2.75, 3.05) is 19.7 Å². The number of nitrogens with zero attached hydrogens (tertiary/aromatic N) is 1. The lowest BCUT2D eigenvalue weighted by molar-refractivity contribution is -0.144. The Hall–Kier alpha value is -3.73. The van der Waals surface area contributed by atoms with Crippen molar-refractivity contribution < 1.29 is 33.4 Å². The SMILES string of the molecule is C=CCNC(=O)C(=O)C(CCC)NC(=O)[C@@H]1C[C@@H]2CN1C(=O)[C@H](C(C)CC)NC(=O)Cc1cccc(c1)OCCC(C)(C)O2. The highest BCUT2D eigenvalue weighted by atomic mass is 16.5. The second-order valence-corrected chi connectivity index (χ2v) is 12.3. The zero-order chi connectivity index (χ0) is 32.4. The standard InChI is InChI=1S/C33H48N4O7/c1-7-11-25(29(39)31(41)34-15-8-2)35-30(40)26-19-24-20-37(26)32(42)28(21(4)9-3)36-27(38)18-22-12-10-13-23(17-22)43-16-14-33(5,6)44-24/h8,10,12-13,17,21,24-26,28H,2,7,9,11,14-16,18-20H2,1,3-6H3,(H,34,41)(H,35,40)(H,36,38)/t21?,24-,25?,26+,28+/m1/s1. The summed E-state index contributed by atoms with van der Waals surface area (Å²) in [5.41, 5.74) is 0.119. The number of rotatable bonds is 10. The van der Waals surface area contributed by atoms with Gasteiger partial charge in [-0.1, -0.05) is 51.8 Å². The van der Waals surface area contributed by atoms with E-state index in [0.717, 1.165) is 5.56 Å². The molecule has 2 heterocycles. The van der Waals surface area contributed by atoms with Gasteiger partial charge in [-0.05, 0) is 43.9 Å². The third-order valence-corrected chi connectivity index (χ3v) is 8.21. The Morgan fingerprint density at radius 1 is 1.23 bits per heavy atom. The summed E-state index contributed by atoms with van der Waals surface area (Å²) in [4.78, 5) is 68.0. The fourth-order valence-corrected chi connectivity index (χ4v) is 5.55. The average molecular weight is 613 g/mol. The first-order chi connectivity index (χ1) is 20.9. The number of ketones is 1. The third-order valence-electron chi connectivity index (χ3n) is 8.21.